The van der Waals surface area contributed by atoms with Crippen LogP contribution in [0, 0.1) is 11.7 Å². The number of halogens is 1. The van der Waals surface area contributed by atoms with Gasteiger partial charge in [0.2, 0.25) is 0 Å². The van der Waals surface area contributed by atoms with E-state index in [-0.39, 0.29) is 11.1 Å². The maximum Gasteiger partial charge on any atom is 0.294 e. The lowest BCUT2D eigenvalue weighted by Crippen LogP contribution is -2.10. The van der Waals surface area contributed by atoms with Crippen LogP contribution >= 0.6 is 7.52 Å². The van der Waals surface area contributed by atoms with Crippen LogP contribution in [-0.4, -0.2) is 9.88 Å². The van der Waals surface area contributed by atoms with Crippen molar-refractivity contribution in [3.63, 3.8) is 0 Å². The fraction of sp³-hybridized carbons (Fsp3) is 0.312. The van der Waals surface area contributed by atoms with E-state index < -0.39 is 7.52 Å². The summed E-state index contributed by atoms with van der Waals surface area (Å²) in [7, 11) is -3.66. The van der Waals surface area contributed by atoms with E-state index >= 15 is 0 Å². The van der Waals surface area contributed by atoms with Gasteiger partial charge in [0.05, 0.1) is 11.5 Å². The van der Waals surface area contributed by atoms with Gasteiger partial charge in [-0.3, -0.25) is 15.1 Å². The van der Waals surface area contributed by atoms with E-state index in [1.54, 1.807) is 18.3 Å². The Morgan fingerprint density at radius 2 is 2.05 bits per heavy atom. The van der Waals surface area contributed by atoms with E-state index in [1.165, 1.54) is 17.8 Å². The molecule has 3 atom stereocenters. The van der Waals surface area contributed by atoms with Gasteiger partial charge in [-0.15, -0.1) is 0 Å². The maximum atomic E-state index is 13.1. The lowest BCUT2D eigenvalue weighted by atomic mass is 10.0. The summed E-state index contributed by atoms with van der Waals surface area (Å²) in [5.74, 6) is 0.759. The second-order valence-corrected chi connectivity index (χ2v) is 7.63. The van der Waals surface area contributed by atoms with E-state index in [9.17, 15) is 13.8 Å². The molecule has 0 radical (unpaired) electrons. The van der Waals surface area contributed by atoms with Crippen LogP contribution in [0.5, 0.6) is 0 Å². The molecule has 22 heavy (non-hydrogen) atoms. The van der Waals surface area contributed by atoms with Crippen molar-refractivity contribution in [3.05, 3.63) is 59.7 Å². The molecule has 4 nitrogen and oxygen atoms in total. The molecule has 1 aliphatic rings. The maximum absolute atomic E-state index is 13.1. The second-order valence-electron chi connectivity index (χ2n) is 5.87. The monoisotopic (exact) mass is 320 g/mol. The number of pyridine rings is 1. The molecular formula is C16H18FN2O2P. The van der Waals surface area contributed by atoms with Gasteiger partial charge in [0.1, 0.15) is 5.82 Å². The van der Waals surface area contributed by atoms with Gasteiger partial charge in [-0.25, -0.2) is 4.39 Å². The van der Waals surface area contributed by atoms with Crippen LogP contribution in [0.4, 0.5) is 4.39 Å². The highest BCUT2D eigenvalue weighted by Crippen LogP contribution is 2.50. The molecule has 1 aliphatic carbocycles. The summed E-state index contributed by atoms with van der Waals surface area (Å²) in [6, 6.07) is 8.53. The molecule has 3 unspecified atom stereocenters. The standard InChI is InChI=1S/C16H18FN2O2P/c17-14-7-11(9-19-10-14)1-2-13-8-16(13)12-3-5-15(6-4-12)22(18,20)21/h3-7,9-10,13,16H,1-2,8H2,(H3,18,20,21). The van der Waals surface area contributed by atoms with Crippen molar-refractivity contribution in [2.24, 2.45) is 11.4 Å². The molecule has 3 rings (SSSR count). The number of nitrogens with two attached hydrogens (primary N) is 1. The van der Waals surface area contributed by atoms with Gasteiger partial charge in [0, 0.05) is 6.20 Å². The number of hydrogen-bond acceptors (Lipinski definition) is 2. The Kier molecular flexibility index (Phi) is 4.13. The zero-order chi connectivity index (χ0) is 15.7. The molecule has 6 heteroatoms. The third-order valence-corrected chi connectivity index (χ3v) is 5.22. The lowest BCUT2D eigenvalue weighted by molar-refractivity contribution is 0.491. The molecule has 0 spiro atoms. The third-order valence-electron chi connectivity index (χ3n) is 4.18. The Morgan fingerprint density at radius 3 is 2.68 bits per heavy atom. The summed E-state index contributed by atoms with van der Waals surface area (Å²) in [6.07, 6.45) is 5.82. The Labute approximate surface area is 128 Å². The summed E-state index contributed by atoms with van der Waals surface area (Å²) < 4.78 is 24.4. The Hall–Kier alpha value is -1.55. The zero-order valence-corrected chi connectivity index (χ0v) is 12.9. The van der Waals surface area contributed by atoms with E-state index in [1.807, 2.05) is 12.1 Å². The number of hydrogen-bond donors (Lipinski definition) is 2. The molecule has 116 valence electrons. The summed E-state index contributed by atoms with van der Waals surface area (Å²) >= 11 is 0. The molecule has 0 aliphatic heterocycles. The first-order chi connectivity index (χ1) is 10.4. The number of nitrogens with zero attached hydrogens (tertiary/aromatic N) is 1. The van der Waals surface area contributed by atoms with Gasteiger partial charge in [-0.05, 0) is 60.4 Å². The molecule has 0 bridgehead atoms. The average Bonchev–Trinajstić information content (AvgIpc) is 3.24. The van der Waals surface area contributed by atoms with E-state index in [2.05, 4.69) is 4.98 Å². The largest absolute Gasteiger partial charge is 0.330 e. The zero-order valence-electron chi connectivity index (χ0n) is 12.0. The highest BCUT2D eigenvalue weighted by molar-refractivity contribution is 7.63. The van der Waals surface area contributed by atoms with Gasteiger partial charge >= 0.3 is 0 Å². The van der Waals surface area contributed by atoms with Gasteiger partial charge in [0.15, 0.2) is 0 Å². The molecule has 1 aromatic heterocycles. The van der Waals surface area contributed by atoms with E-state index in [4.69, 9.17) is 5.50 Å². The Morgan fingerprint density at radius 1 is 1.32 bits per heavy atom. The molecular weight excluding hydrogens is 302 g/mol. The number of rotatable bonds is 5. The van der Waals surface area contributed by atoms with Crippen LogP contribution in [0.1, 0.15) is 29.9 Å². The number of aryl methyl sites for hydroxylation is 1. The summed E-state index contributed by atoms with van der Waals surface area (Å²) in [5, 5.41) is 0.277. The highest BCUT2D eigenvalue weighted by atomic mass is 31.2. The minimum absolute atomic E-state index is 0.277. The Balaban J connectivity index is 1.57. The van der Waals surface area contributed by atoms with Gasteiger partial charge in [-0.1, -0.05) is 12.1 Å². The molecule has 3 N–H and O–H groups in total. The Bertz CT molecular complexity index is 714. The SMILES string of the molecule is NP(=O)(O)c1ccc(C2CC2CCc2cncc(F)c2)cc1. The molecule has 1 aromatic carbocycles. The minimum Gasteiger partial charge on any atom is -0.330 e. The van der Waals surface area contributed by atoms with Crippen molar-refractivity contribution in [2.45, 2.75) is 25.2 Å². The van der Waals surface area contributed by atoms with Gasteiger partial charge in [-0.2, -0.15) is 0 Å². The smallest absolute Gasteiger partial charge is 0.294 e. The van der Waals surface area contributed by atoms with Crippen molar-refractivity contribution < 1.29 is 13.8 Å². The predicted molar refractivity (Wildman–Crippen MR) is 83.5 cm³/mol. The van der Waals surface area contributed by atoms with Crippen molar-refractivity contribution in [3.8, 4) is 0 Å². The average molecular weight is 320 g/mol. The fourth-order valence-electron chi connectivity index (χ4n) is 2.85. The third kappa shape index (κ3) is 3.61. The van der Waals surface area contributed by atoms with Crippen molar-refractivity contribution >= 4 is 12.8 Å². The summed E-state index contributed by atoms with van der Waals surface area (Å²) in [5.41, 5.74) is 7.31. The van der Waals surface area contributed by atoms with Crippen LogP contribution in [-0.2, 0) is 11.0 Å². The summed E-state index contributed by atoms with van der Waals surface area (Å²) in [6.45, 7) is 0. The molecule has 2 aromatic rings. The van der Waals surface area contributed by atoms with Crippen LogP contribution in [0.3, 0.4) is 0 Å². The fourth-order valence-corrected chi connectivity index (χ4v) is 3.43. The minimum atomic E-state index is -3.66. The van der Waals surface area contributed by atoms with Crippen LogP contribution in [0.2, 0.25) is 0 Å². The van der Waals surface area contributed by atoms with Gasteiger partial charge < -0.3 is 4.89 Å². The lowest BCUT2D eigenvalue weighted by Gasteiger charge is -2.06. The topological polar surface area (TPSA) is 76.2 Å². The van der Waals surface area contributed by atoms with Crippen molar-refractivity contribution in [1.82, 2.24) is 4.98 Å². The molecule has 0 saturated heterocycles. The van der Waals surface area contributed by atoms with Crippen LogP contribution in [0.25, 0.3) is 0 Å². The molecule has 1 fully saturated rings. The van der Waals surface area contributed by atoms with E-state index in [0.29, 0.717) is 11.8 Å². The first kappa shape index (κ1) is 15.3. The van der Waals surface area contributed by atoms with Crippen molar-refractivity contribution in [2.75, 3.05) is 0 Å². The van der Waals surface area contributed by atoms with Crippen LogP contribution < -0.4 is 10.8 Å². The van der Waals surface area contributed by atoms with Crippen LogP contribution in [0.15, 0.2) is 42.7 Å². The first-order valence-electron chi connectivity index (χ1n) is 7.25. The summed E-state index contributed by atoms with van der Waals surface area (Å²) in [4.78, 5) is 13.2. The predicted octanol–water partition coefficient (Wildman–Crippen LogP) is 2.73. The highest BCUT2D eigenvalue weighted by Gasteiger charge is 2.37. The normalized spacial score (nSPS) is 23.0. The first-order valence-corrected chi connectivity index (χ1v) is 8.97. The number of benzene rings is 1. The number of aromatic nitrogens is 1. The quantitative estimate of drug-likeness (QED) is 0.831. The molecule has 1 heterocycles. The molecule has 0 amide bonds. The molecule has 1 saturated carbocycles. The van der Waals surface area contributed by atoms with E-state index in [0.717, 1.165) is 24.8 Å². The van der Waals surface area contributed by atoms with Crippen molar-refractivity contribution in [1.29, 1.82) is 0 Å². The second kappa shape index (κ2) is 5.92. The van der Waals surface area contributed by atoms with Gasteiger partial charge in [0.25, 0.3) is 7.52 Å².